The Bertz CT molecular complexity index is 775. The molecule has 0 bridgehead atoms. The monoisotopic (exact) mass is 416 g/mol. The molecule has 1 aliphatic rings. The Morgan fingerprint density at radius 2 is 1.85 bits per heavy atom. The van der Waals surface area contributed by atoms with Crippen LogP contribution in [0.3, 0.4) is 0 Å². The van der Waals surface area contributed by atoms with E-state index in [0.29, 0.717) is 25.1 Å². The molecule has 2 aromatic carbocycles. The zero-order valence-corrected chi connectivity index (χ0v) is 16.2. The van der Waals surface area contributed by atoms with E-state index in [1.165, 1.54) is 0 Å². The summed E-state index contributed by atoms with van der Waals surface area (Å²) in [6.07, 6.45) is 1.83. The van der Waals surface area contributed by atoms with Crippen LogP contribution >= 0.6 is 15.9 Å². The molecule has 0 spiro atoms. The lowest BCUT2D eigenvalue weighted by Gasteiger charge is -2.24. The van der Waals surface area contributed by atoms with E-state index < -0.39 is 6.04 Å². The predicted molar refractivity (Wildman–Crippen MR) is 104 cm³/mol. The van der Waals surface area contributed by atoms with Gasteiger partial charge in [0.1, 0.15) is 11.8 Å². The summed E-state index contributed by atoms with van der Waals surface area (Å²) >= 11 is 3.39. The topological polar surface area (TPSA) is 58.6 Å². The van der Waals surface area contributed by atoms with Gasteiger partial charge in [-0.1, -0.05) is 28.1 Å². The molecule has 1 atom stereocenters. The Morgan fingerprint density at radius 1 is 1.15 bits per heavy atom. The molecular formula is C20H21BrN2O3. The average molecular weight is 417 g/mol. The zero-order chi connectivity index (χ0) is 18.5. The number of ether oxygens (including phenoxy) is 1. The first-order valence-corrected chi connectivity index (χ1v) is 9.35. The van der Waals surface area contributed by atoms with Gasteiger partial charge in [-0.05, 0) is 54.8 Å². The first-order valence-electron chi connectivity index (χ1n) is 8.55. The molecule has 0 aromatic heterocycles. The van der Waals surface area contributed by atoms with E-state index in [2.05, 4.69) is 21.2 Å². The maximum absolute atomic E-state index is 12.7. The molecule has 0 saturated carbocycles. The van der Waals surface area contributed by atoms with E-state index in [1.807, 2.05) is 24.3 Å². The largest absolute Gasteiger partial charge is 0.497 e. The molecule has 0 radical (unpaired) electrons. The maximum Gasteiger partial charge on any atom is 0.247 e. The highest BCUT2D eigenvalue weighted by Crippen LogP contribution is 2.22. The molecule has 2 aromatic rings. The molecule has 1 aliphatic heterocycles. The molecule has 1 heterocycles. The number of methoxy groups -OCH3 is 1. The summed E-state index contributed by atoms with van der Waals surface area (Å²) in [5.74, 6) is 0.576. The summed E-state index contributed by atoms with van der Waals surface area (Å²) in [5, 5.41) is 2.90. The second-order valence-electron chi connectivity index (χ2n) is 6.27. The Morgan fingerprint density at radius 3 is 2.50 bits per heavy atom. The van der Waals surface area contributed by atoms with Crippen molar-refractivity contribution in [3.63, 3.8) is 0 Å². The fraction of sp³-hybridized carbons (Fsp3) is 0.300. The van der Waals surface area contributed by atoms with Gasteiger partial charge >= 0.3 is 0 Å². The van der Waals surface area contributed by atoms with Gasteiger partial charge in [0.25, 0.3) is 0 Å². The van der Waals surface area contributed by atoms with Gasteiger partial charge in [-0.2, -0.15) is 0 Å². The molecule has 1 fully saturated rings. The molecule has 136 valence electrons. The summed E-state index contributed by atoms with van der Waals surface area (Å²) < 4.78 is 6.10. The van der Waals surface area contributed by atoms with Crippen LogP contribution in [0.15, 0.2) is 53.0 Å². The second kappa shape index (κ2) is 8.36. The molecule has 3 rings (SSSR count). The number of nitrogens with zero attached hydrogens (tertiary/aromatic N) is 1. The third-order valence-corrected chi connectivity index (χ3v) is 5.03. The summed E-state index contributed by atoms with van der Waals surface area (Å²) in [7, 11) is 1.60. The second-order valence-corrected chi connectivity index (χ2v) is 7.18. The highest BCUT2D eigenvalue weighted by Gasteiger charge is 2.33. The molecule has 6 heteroatoms. The smallest absolute Gasteiger partial charge is 0.247 e. The van der Waals surface area contributed by atoms with E-state index in [-0.39, 0.29) is 11.8 Å². The Kier molecular flexibility index (Phi) is 5.93. The van der Waals surface area contributed by atoms with E-state index in [1.54, 1.807) is 36.3 Å². The van der Waals surface area contributed by atoms with Gasteiger partial charge in [-0.3, -0.25) is 9.59 Å². The van der Waals surface area contributed by atoms with Gasteiger partial charge in [0.2, 0.25) is 11.8 Å². The van der Waals surface area contributed by atoms with Crippen molar-refractivity contribution in [2.75, 3.05) is 19.0 Å². The number of likely N-dealkylation sites (tertiary alicyclic amines) is 1. The summed E-state index contributed by atoms with van der Waals surface area (Å²) in [6.45, 7) is 0.621. The third-order valence-electron chi connectivity index (χ3n) is 4.50. The van der Waals surface area contributed by atoms with Crippen LogP contribution in [0.2, 0.25) is 0 Å². The minimum absolute atomic E-state index is 0.0142. The summed E-state index contributed by atoms with van der Waals surface area (Å²) in [4.78, 5) is 27.0. The quantitative estimate of drug-likeness (QED) is 0.809. The lowest BCUT2D eigenvalue weighted by Crippen LogP contribution is -2.43. The van der Waals surface area contributed by atoms with Crippen molar-refractivity contribution in [1.82, 2.24) is 4.90 Å². The van der Waals surface area contributed by atoms with E-state index in [9.17, 15) is 9.59 Å². The molecule has 1 N–H and O–H groups in total. The van der Waals surface area contributed by atoms with Crippen LogP contribution in [0.1, 0.15) is 18.4 Å². The zero-order valence-electron chi connectivity index (χ0n) is 14.6. The summed E-state index contributed by atoms with van der Waals surface area (Å²) in [5.41, 5.74) is 1.64. The number of rotatable bonds is 5. The molecule has 2 amide bonds. The lowest BCUT2D eigenvalue weighted by molar-refractivity contribution is -0.136. The third kappa shape index (κ3) is 4.43. The van der Waals surface area contributed by atoms with Crippen molar-refractivity contribution >= 4 is 33.4 Å². The van der Waals surface area contributed by atoms with Gasteiger partial charge in [-0.15, -0.1) is 0 Å². The van der Waals surface area contributed by atoms with Gasteiger partial charge in [-0.25, -0.2) is 0 Å². The minimum Gasteiger partial charge on any atom is -0.497 e. The number of benzene rings is 2. The predicted octanol–water partition coefficient (Wildman–Crippen LogP) is 3.63. The molecule has 1 saturated heterocycles. The van der Waals surface area contributed by atoms with Gasteiger partial charge < -0.3 is 15.0 Å². The van der Waals surface area contributed by atoms with E-state index >= 15 is 0 Å². The van der Waals surface area contributed by atoms with Crippen molar-refractivity contribution in [3.05, 3.63) is 58.6 Å². The molecule has 5 nitrogen and oxygen atoms in total. The first-order chi connectivity index (χ1) is 12.6. The molecule has 1 unspecified atom stereocenters. The van der Waals surface area contributed by atoms with Crippen molar-refractivity contribution in [2.24, 2.45) is 0 Å². The van der Waals surface area contributed by atoms with Crippen LogP contribution in [0.4, 0.5) is 5.69 Å². The van der Waals surface area contributed by atoms with Gasteiger partial charge in [0, 0.05) is 16.7 Å². The van der Waals surface area contributed by atoms with Crippen LogP contribution < -0.4 is 10.1 Å². The first kappa shape index (κ1) is 18.5. The number of nitrogens with one attached hydrogen (secondary N) is 1. The van der Waals surface area contributed by atoms with Crippen molar-refractivity contribution in [2.45, 2.75) is 25.3 Å². The lowest BCUT2D eigenvalue weighted by atomic mass is 10.1. The van der Waals surface area contributed by atoms with Crippen LogP contribution in [-0.2, 0) is 16.0 Å². The Labute approximate surface area is 161 Å². The number of carbonyl (C=O) groups excluding carboxylic acids is 2. The van der Waals surface area contributed by atoms with E-state index in [4.69, 9.17) is 4.74 Å². The Balaban J connectivity index is 1.63. The highest BCUT2D eigenvalue weighted by molar-refractivity contribution is 9.10. The van der Waals surface area contributed by atoms with Crippen molar-refractivity contribution in [1.29, 1.82) is 0 Å². The standard InChI is InChI=1S/C20H21BrN2O3/c1-26-17-10-8-16(9-11-17)22-20(25)18-3-2-12-23(18)19(24)13-14-4-6-15(21)7-5-14/h4-11,18H,2-3,12-13H2,1H3,(H,22,25). The van der Waals surface area contributed by atoms with Gasteiger partial charge in [0.15, 0.2) is 0 Å². The average Bonchev–Trinajstić information content (AvgIpc) is 3.14. The molecule has 26 heavy (non-hydrogen) atoms. The molecule has 0 aliphatic carbocycles. The maximum atomic E-state index is 12.7. The van der Waals surface area contributed by atoms with Crippen molar-refractivity contribution < 1.29 is 14.3 Å². The van der Waals surface area contributed by atoms with Crippen LogP contribution in [-0.4, -0.2) is 36.4 Å². The van der Waals surface area contributed by atoms with Gasteiger partial charge in [0.05, 0.1) is 13.5 Å². The number of halogens is 1. The number of hydrogen-bond donors (Lipinski definition) is 1. The van der Waals surface area contributed by atoms with E-state index in [0.717, 1.165) is 22.2 Å². The fourth-order valence-electron chi connectivity index (χ4n) is 3.12. The van der Waals surface area contributed by atoms with Crippen LogP contribution in [0, 0.1) is 0 Å². The number of carbonyl (C=O) groups is 2. The Hall–Kier alpha value is -2.34. The summed E-state index contributed by atoms with van der Waals surface area (Å²) in [6, 6.07) is 14.4. The minimum atomic E-state index is -0.417. The molecular weight excluding hydrogens is 396 g/mol. The fourth-order valence-corrected chi connectivity index (χ4v) is 3.38. The van der Waals surface area contributed by atoms with Crippen LogP contribution in [0.5, 0.6) is 5.75 Å². The number of anilines is 1. The highest BCUT2D eigenvalue weighted by atomic mass is 79.9. The van der Waals surface area contributed by atoms with Crippen molar-refractivity contribution in [3.8, 4) is 5.75 Å². The van der Waals surface area contributed by atoms with Crippen LogP contribution in [0.25, 0.3) is 0 Å². The SMILES string of the molecule is COc1ccc(NC(=O)C2CCCN2C(=O)Cc2ccc(Br)cc2)cc1. The number of hydrogen-bond acceptors (Lipinski definition) is 3. The number of amides is 2. The normalized spacial score (nSPS) is 16.4.